The van der Waals surface area contributed by atoms with Gasteiger partial charge in [0.15, 0.2) is 0 Å². The second-order valence-electron chi connectivity index (χ2n) is 3.15. The molecule has 0 aliphatic heterocycles. The van der Waals surface area contributed by atoms with Crippen LogP contribution in [-0.4, -0.2) is 6.54 Å². The molecule has 0 fully saturated rings. The number of benzene rings is 1. The summed E-state index contributed by atoms with van der Waals surface area (Å²) in [5.74, 6) is 0. The Balaban J connectivity index is 2.56. The molecular formula is C10H11ClN2S. The molecule has 2 aromatic rings. The molecular weight excluding hydrogens is 216 g/mol. The van der Waals surface area contributed by atoms with Crippen LogP contribution >= 0.6 is 22.9 Å². The molecule has 0 bridgehead atoms. The minimum absolute atomic E-state index is 0.0801. The Morgan fingerprint density at radius 3 is 2.86 bits per heavy atom. The lowest BCUT2D eigenvalue weighted by atomic mass is 10.2. The number of hydrogen-bond donors (Lipinski definition) is 2. The zero-order chi connectivity index (χ0) is 10.1. The number of fused-ring (bicyclic) bond motifs is 1. The van der Waals surface area contributed by atoms with Crippen LogP contribution in [0, 0.1) is 0 Å². The van der Waals surface area contributed by atoms with Gasteiger partial charge in [-0.3, -0.25) is 0 Å². The number of halogens is 1. The van der Waals surface area contributed by atoms with E-state index in [4.69, 9.17) is 23.1 Å². The van der Waals surface area contributed by atoms with Gasteiger partial charge < -0.3 is 11.5 Å². The topological polar surface area (TPSA) is 52.0 Å². The summed E-state index contributed by atoms with van der Waals surface area (Å²) >= 11 is 7.68. The number of nitrogens with two attached hydrogens (primary N) is 2. The summed E-state index contributed by atoms with van der Waals surface area (Å²) in [4.78, 5) is 1.09. The minimum Gasteiger partial charge on any atom is -0.329 e. The number of thiophene rings is 1. The fourth-order valence-corrected chi connectivity index (χ4v) is 2.72. The summed E-state index contributed by atoms with van der Waals surface area (Å²) in [5.41, 5.74) is 11.4. The van der Waals surface area contributed by atoms with Gasteiger partial charge in [-0.1, -0.05) is 23.7 Å². The summed E-state index contributed by atoms with van der Waals surface area (Å²) in [6.45, 7) is 0.463. The Labute approximate surface area is 91.5 Å². The Morgan fingerprint density at radius 2 is 2.21 bits per heavy atom. The van der Waals surface area contributed by atoms with Gasteiger partial charge >= 0.3 is 0 Å². The monoisotopic (exact) mass is 226 g/mol. The van der Waals surface area contributed by atoms with Crippen molar-refractivity contribution in [1.29, 1.82) is 0 Å². The predicted octanol–water partition coefficient (Wildman–Crippen LogP) is 2.51. The fraction of sp³-hybridized carbons (Fsp3) is 0.200. The first-order valence-electron chi connectivity index (χ1n) is 4.36. The highest BCUT2D eigenvalue weighted by atomic mass is 35.5. The van der Waals surface area contributed by atoms with Gasteiger partial charge in [0.2, 0.25) is 0 Å². The molecule has 0 aliphatic carbocycles. The Bertz CT molecular complexity index is 452. The molecule has 4 N–H and O–H groups in total. The van der Waals surface area contributed by atoms with Gasteiger partial charge in [0.25, 0.3) is 0 Å². The Hall–Kier alpha value is -0.610. The van der Waals surface area contributed by atoms with Crippen LogP contribution in [0.15, 0.2) is 24.3 Å². The summed E-state index contributed by atoms with van der Waals surface area (Å²) < 4.78 is 1.09. The molecule has 4 heteroatoms. The maximum atomic E-state index is 6.06. The lowest BCUT2D eigenvalue weighted by Crippen LogP contribution is -2.19. The van der Waals surface area contributed by atoms with Crippen LogP contribution in [0.1, 0.15) is 10.9 Å². The van der Waals surface area contributed by atoms with Crippen LogP contribution in [0.25, 0.3) is 10.1 Å². The van der Waals surface area contributed by atoms with E-state index in [1.54, 1.807) is 11.3 Å². The van der Waals surface area contributed by atoms with E-state index in [1.165, 1.54) is 0 Å². The summed E-state index contributed by atoms with van der Waals surface area (Å²) in [6.07, 6.45) is 0. The van der Waals surface area contributed by atoms with Gasteiger partial charge in [0.1, 0.15) is 0 Å². The van der Waals surface area contributed by atoms with Crippen molar-refractivity contribution in [3.8, 4) is 0 Å². The van der Waals surface area contributed by atoms with Crippen LogP contribution in [0.4, 0.5) is 0 Å². The van der Waals surface area contributed by atoms with E-state index in [2.05, 4.69) is 6.07 Å². The first-order valence-corrected chi connectivity index (χ1v) is 5.55. The second kappa shape index (κ2) is 3.87. The third-order valence-corrected chi connectivity index (χ3v) is 3.88. The van der Waals surface area contributed by atoms with Gasteiger partial charge in [-0.2, -0.15) is 0 Å². The van der Waals surface area contributed by atoms with Gasteiger partial charge in [0, 0.05) is 11.4 Å². The first kappa shape index (κ1) is 9.93. The van der Waals surface area contributed by atoms with E-state index in [0.717, 1.165) is 20.0 Å². The zero-order valence-corrected chi connectivity index (χ0v) is 9.11. The largest absolute Gasteiger partial charge is 0.329 e. The molecule has 1 aromatic heterocycles. The highest BCUT2D eigenvalue weighted by Gasteiger charge is 2.09. The van der Waals surface area contributed by atoms with Gasteiger partial charge in [-0.15, -0.1) is 11.3 Å². The van der Waals surface area contributed by atoms with E-state index in [9.17, 15) is 0 Å². The van der Waals surface area contributed by atoms with Crippen LogP contribution < -0.4 is 11.5 Å². The smallest absolute Gasteiger partial charge is 0.0584 e. The average Bonchev–Trinajstić information content (AvgIpc) is 2.62. The molecule has 1 aromatic carbocycles. The van der Waals surface area contributed by atoms with Crippen molar-refractivity contribution in [2.24, 2.45) is 11.5 Å². The summed E-state index contributed by atoms with van der Waals surface area (Å²) in [6, 6.07) is 7.84. The number of rotatable bonds is 2. The van der Waals surface area contributed by atoms with Crippen molar-refractivity contribution in [2.45, 2.75) is 6.04 Å². The fourth-order valence-electron chi connectivity index (χ4n) is 1.35. The third kappa shape index (κ3) is 1.64. The summed E-state index contributed by atoms with van der Waals surface area (Å²) in [7, 11) is 0. The van der Waals surface area contributed by atoms with Crippen molar-refractivity contribution in [3.63, 3.8) is 0 Å². The number of hydrogen-bond acceptors (Lipinski definition) is 3. The third-order valence-electron chi connectivity index (χ3n) is 2.13. The molecule has 0 aliphatic rings. The molecule has 0 saturated carbocycles. The SMILES string of the molecule is NCC(N)c1cc2cccc(Cl)c2s1. The molecule has 1 atom stereocenters. The van der Waals surface area contributed by atoms with Gasteiger partial charge in [-0.05, 0) is 17.5 Å². The molecule has 14 heavy (non-hydrogen) atoms. The van der Waals surface area contributed by atoms with E-state index in [-0.39, 0.29) is 6.04 Å². The quantitative estimate of drug-likeness (QED) is 0.827. The Kier molecular flexibility index (Phi) is 2.74. The molecule has 0 radical (unpaired) electrons. The highest BCUT2D eigenvalue weighted by Crippen LogP contribution is 2.33. The molecule has 74 valence electrons. The zero-order valence-electron chi connectivity index (χ0n) is 7.53. The molecule has 0 saturated heterocycles. The lowest BCUT2D eigenvalue weighted by molar-refractivity contribution is 0.752. The molecule has 0 spiro atoms. The van der Waals surface area contributed by atoms with Crippen LogP contribution in [-0.2, 0) is 0 Å². The van der Waals surface area contributed by atoms with Crippen molar-refractivity contribution in [3.05, 3.63) is 34.2 Å². The molecule has 2 rings (SSSR count). The van der Waals surface area contributed by atoms with E-state index in [0.29, 0.717) is 6.54 Å². The van der Waals surface area contributed by atoms with Crippen LogP contribution in [0.5, 0.6) is 0 Å². The summed E-state index contributed by atoms with van der Waals surface area (Å²) in [5, 5.41) is 1.92. The Morgan fingerprint density at radius 1 is 1.43 bits per heavy atom. The maximum Gasteiger partial charge on any atom is 0.0584 e. The maximum absolute atomic E-state index is 6.06. The standard InChI is InChI=1S/C10H11ClN2S/c11-7-3-1-2-6-4-9(8(13)5-12)14-10(6)7/h1-4,8H,5,12-13H2. The molecule has 2 nitrogen and oxygen atoms in total. The molecule has 1 unspecified atom stereocenters. The van der Waals surface area contributed by atoms with E-state index < -0.39 is 0 Å². The second-order valence-corrected chi connectivity index (χ2v) is 4.64. The average molecular weight is 227 g/mol. The van der Waals surface area contributed by atoms with E-state index >= 15 is 0 Å². The van der Waals surface area contributed by atoms with Gasteiger partial charge in [-0.25, -0.2) is 0 Å². The van der Waals surface area contributed by atoms with Crippen molar-refractivity contribution in [1.82, 2.24) is 0 Å². The predicted molar refractivity (Wildman–Crippen MR) is 62.8 cm³/mol. The van der Waals surface area contributed by atoms with Crippen molar-refractivity contribution >= 4 is 33.0 Å². The van der Waals surface area contributed by atoms with Crippen molar-refractivity contribution in [2.75, 3.05) is 6.54 Å². The van der Waals surface area contributed by atoms with Crippen LogP contribution in [0.3, 0.4) is 0 Å². The molecule has 0 amide bonds. The van der Waals surface area contributed by atoms with E-state index in [1.807, 2.05) is 18.2 Å². The highest BCUT2D eigenvalue weighted by molar-refractivity contribution is 7.19. The molecule has 1 heterocycles. The first-order chi connectivity index (χ1) is 6.72. The van der Waals surface area contributed by atoms with Crippen LogP contribution in [0.2, 0.25) is 5.02 Å². The minimum atomic E-state index is -0.0801. The lowest BCUT2D eigenvalue weighted by Gasteiger charge is -2.03. The normalized spacial score (nSPS) is 13.4. The van der Waals surface area contributed by atoms with Gasteiger partial charge in [0.05, 0.1) is 15.8 Å². The van der Waals surface area contributed by atoms with Crippen molar-refractivity contribution < 1.29 is 0 Å².